The molecule has 2 aromatic carbocycles. The Kier molecular flexibility index (Phi) is 6.54. The van der Waals surface area contributed by atoms with E-state index in [1.807, 2.05) is 18.9 Å². The number of carbonyl (C=O) groups excluding carboxylic acids is 2. The minimum Gasteiger partial charge on any atom is -0.483 e. The van der Waals surface area contributed by atoms with Crippen LogP contribution in [-0.4, -0.2) is 61.4 Å². The van der Waals surface area contributed by atoms with Crippen molar-refractivity contribution in [2.24, 2.45) is 0 Å². The molecule has 1 saturated heterocycles. The minimum absolute atomic E-state index is 0.0709. The molecule has 3 rings (SSSR count). The van der Waals surface area contributed by atoms with E-state index in [-0.39, 0.29) is 18.4 Å². The van der Waals surface area contributed by atoms with Crippen molar-refractivity contribution in [1.82, 2.24) is 9.80 Å². The Bertz CT molecular complexity index is 864. The molecule has 0 saturated carbocycles. The number of halogens is 1. The Hall–Kier alpha value is -2.57. The molecule has 28 heavy (non-hydrogen) atoms. The van der Waals surface area contributed by atoms with Crippen molar-refractivity contribution in [2.75, 3.05) is 45.2 Å². The van der Waals surface area contributed by atoms with Gasteiger partial charge in [-0.25, -0.2) is 0 Å². The van der Waals surface area contributed by atoms with Gasteiger partial charge in [-0.1, -0.05) is 23.7 Å². The molecule has 1 N–H and O–H groups in total. The van der Waals surface area contributed by atoms with E-state index in [1.165, 1.54) is 0 Å². The van der Waals surface area contributed by atoms with E-state index in [2.05, 4.69) is 10.2 Å². The Balaban J connectivity index is 1.64. The van der Waals surface area contributed by atoms with E-state index in [1.54, 1.807) is 42.5 Å². The first-order chi connectivity index (χ1) is 13.4. The van der Waals surface area contributed by atoms with Crippen LogP contribution in [0.15, 0.2) is 42.5 Å². The summed E-state index contributed by atoms with van der Waals surface area (Å²) in [6.45, 7) is 4.75. The molecule has 0 aliphatic carbocycles. The lowest BCUT2D eigenvalue weighted by atomic mass is 10.1. The average molecular weight is 402 g/mol. The molecule has 0 atom stereocenters. The van der Waals surface area contributed by atoms with Crippen LogP contribution < -0.4 is 10.1 Å². The van der Waals surface area contributed by atoms with Crippen LogP contribution in [0.25, 0.3) is 0 Å². The third kappa shape index (κ3) is 5.03. The van der Waals surface area contributed by atoms with Gasteiger partial charge < -0.3 is 19.9 Å². The molecule has 0 bridgehead atoms. The highest BCUT2D eigenvalue weighted by atomic mass is 35.5. The quantitative estimate of drug-likeness (QED) is 0.836. The van der Waals surface area contributed by atoms with Gasteiger partial charge in [0.2, 0.25) is 0 Å². The summed E-state index contributed by atoms with van der Waals surface area (Å²) >= 11 is 5.93. The second-order valence-electron chi connectivity index (χ2n) is 6.89. The zero-order valence-corrected chi connectivity index (χ0v) is 16.8. The van der Waals surface area contributed by atoms with Gasteiger partial charge in [-0.3, -0.25) is 9.59 Å². The van der Waals surface area contributed by atoms with Gasteiger partial charge >= 0.3 is 0 Å². The van der Waals surface area contributed by atoms with Crippen LogP contribution >= 0.6 is 11.6 Å². The summed E-state index contributed by atoms with van der Waals surface area (Å²) < 4.78 is 5.58. The summed E-state index contributed by atoms with van der Waals surface area (Å²) in [6.07, 6.45) is 0. The van der Waals surface area contributed by atoms with Gasteiger partial charge in [0.15, 0.2) is 6.61 Å². The van der Waals surface area contributed by atoms with Crippen molar-refractivity contribution in [3.8, 4) is 5.75 Å². The number of ether oxygens (including phenoxy) is 1. The van der Waals surface area contributed by atoms with E-state index >= 15 is 0 Å². The summed E-state index contributed by atoms with van der Waals surface area (Å²) in [4.78, 5) is 29.2. The normalized spacial score (nSPS) is 14.6. The largest absolute Gasteiger partial charge is 0.483 e. The fourth-order valence-corrected chi connectivity index (χ4v) is 3.29. The Morgan fingerprint density at radius 1 is 1.11 bits per heavy atom. The van der Waals surface area contributed by atoms with Gasteiger partial charge in [-0.2, -0.15) is 0 Å². The third-order valence-electron chi connectivity index (χ3n) is 4.72. The summed E-state index contributed by atoms with van der Waals surface area (Å²) in [5, 5.41) is 3.41. The fraction of sp³-hybridized carbons (Fsp3) is 0.333. The molecule has 1 aliphatic rings. The maximum Gasteiger partial charge on any atom is 0.262 e. The van der Waals surface area contributed by atoms with Gasteiger partial charge in [0, 0.05) is 31.2 Å². The van der Waals surface area contributed by atoms with Gasteiger partial charge in [0.25, 0.3) is 11.8 Å². The average Bonchev–Trinajstić information content (AvgIpc) is 2.68. The van der Waals surface area contributed by atoms with Crippen LogP contribution in [-0.2, 0) is 4.79 Å². The number of hydrogen-bond acceptors (Lipinski definition) is 4. The zero-order chi connectivity index (χ0) is 20.1. The van der Waals surface area contributed by atoms with Crippen LogP contribution in [0.5, 0.6) is 5.75 Å². The molecule has 2 amide bonds. The Labute approximate surface area is 170 Å². The maximum atomic E-state index is 12.9. The molecule has 0 radical (unpaired) electrons. The van der Waals surface area contributed by atoms with E-state index in [4.69, 9.17) is 16.3 Å². The number of hydrogen-bond donors (Lipinski definition) is 1. The van der Waals surface area contributed by atoms with Gasteiger partial charge in [0.1, 0.15) is 5.75 Å². The van der Waals surface area contributed by atoms with E-state index in [0.29, 0.717) is 35.1 Å². The molecule has 2 aromatic rings. The van der Waals surface area contributed by atoms with Crippen molar-refractivity contribution in [2.45, 2.75) is 6.92 Å². The van der Waals surface area contributed by atoms with Gasteiger partial charge in [-0.15, -0.1) is 0 Å². The van der Waals surface area contributed by atoms with E-state index in [0.717, 1.165) is 18.7 Å². The highest BCUT2D eigenvalue weighted by Gasteiger charge is 2.22. The number of benzene rings is 2. The molecular weight excluding hydrogens is 378 g/mol. The molecular formula is C21H24ClN3O3. The highest BCUT2D eigenvalue weighted by Crippen LogP contribution is 2.22. The van der Waals surface area contributed by atoms with Crippen LogP contribution in [0.1, 0.15) is 15.9 Å². The topological polar surface area (TPSA) is 61.9 Å². The van der Waals surface area contributed by atoms with Crippen LogP contribution in [0.4, 0.5) is 5.69 Å². The molecule has 1 heterocycles. The first kappa shape index (κ1) is 20.2. The maximum absolute atomic E-state index is 12.9. The van der Waals surface area contributed by atoms with Crippen LogP contribution in [0, 0.1) is 6.92 Å². The molecule has 6 nitrogen and oxygen atoms in total. The van der Waals surface area contributed by atoms with Gasteiger partial charge in [0.05, 0.1) is 11.3 Å². The second kappa shape index (κ2) is 9.08. The Morgan fingerprint density at radius 3 is 2.54 bits per heavy atom. The number of anilines is 1. The minimum atomic E-state index is -0.326. The summed E-state index contributed by atoms with van der Waals surface area (Å²) in [6, 6.07) is 12.3. The summed E-state index contributed by atoms with van der Waals surface area (Å²) in [5.41, 5.74) is 1.84. The molecule has 1 aliphatic heterocycles. The molecule has 0 aromatic heterocycles. The summed E-state index contributed by atoms with van der Waals surface area (Å²) in [7, 11) is 2.04. The zero-order valence-electron chi connectivity index (χ0n) is 16.1. The standard InChI is InChI=1S/C21H24ClN3O3/c1-15-13-16(22)7-8-19(15)28-14-20(26)23-18-6-4-3-5-17(18)21(27)25-11-9-24(2)10-12-25/h3-8,13H,9-12,14H2,1-2H3,(H,23,26). The number of rotatable bonds is 5. The molecule has 1 fully saturated rings. The van der Waals surface area contributed by atoms with E-state index < -0.39 is 0 Å². The van der Waals surface area contributed by atoms with Crippen molar-refractivity contribution >= 4 is 29.1 Å². The molecule has 7 heteroatoms. The lowest BCUT2D eigenvalue weighted by molar-refractivity contribution is -0.118. The Morgan fingerprint density at radius 2 is 1.82 bits per heavy atom. The van der Waals surface area contributed by atoms with Crippen molar-refractivity contribution in [1.29, 1.82) is 0 Å². The molecule has 0 unspecified atom stereocenters. The van der Waals surface area contributed by atoms with Crippen molar-refractivity contribution in [3.05, 3.63) is 58.6 Å². The lowest BCUT2D eigenvalue weighted by Crippen LogP contribution is -2.47. The highest BCUT2D eigenvalue weighted by molar-refractivity contribution is 6.30. The van der Waals surface area contributed by atoms with Crippen LogP contribution in [0.2, 0.25) is 5.02 Å². The number of para-hydroxylation sites is 1. The molecule has 148 valence electrons. The number of likely N-dealkylation sites (N-methyl/N-ethyl adjacent to an activating group) is 1. The number of nitrogens with zero attached hydrogens (tertiary/aromatic N) is 2. The third-order valence-corrected chi connectivity index (χ3v) is 4.95. The predicted octanol–water partition coefficient (Wildman–Crippen LogP) is 3.05. The number of carbonyl (C=O) groups is 2. The number of nitrogens with one attached hydrogen (secondary N) is 1. The smallest absolute Gasteiger partial charge is 0.262 e. The van der Waals surface area contributed by atoms with Crippen molar-refractivity contribution in [3.63, 3.8) is 0 Å². The number of aryl methyl sites for hydroxylation is 1. The SMILES string of the molecule is Cc1cc(Cl)ccc1OCC(=O)Nc1ccccc1C(=O)N1CCN(C)CC1. The van der Waals surface area contributed by atoms with E-state index in [9.17, 15) is 9.59 Å². The lowest BCUT2D eigenvalue weighted by Gasteiger charge is -2.32. The monoisotopic (exact) mass is 401 g/mol. The first-order valence-electron chi connectivity index (χ1n) is 9.19. The molecule has 0 spiro atoms. The number of amides is 2. The van der Waals surface area contributed by atoms with Crippen molar-refractivity contribution < 1.29 is 14.3 Å². The predicted molar refractivity (Wildman–Crippen MR) is 110 cm³/mol. The van der Waals surface area contributed by atoms with Crippen LogP contribution in [0.3, 0.4) is 0 Å². The fourth-order valence-electron chi connectivity index (χ4n) is 3.06. The summed E-state index contributed by atoms with van der Waals surface area (Å²) in [5.74, 6) is 0.202. The number of piperazine rings is 1. The second-order valence-corrected chi connectivity index (χ2v) is 7.32. The van der Waals surface area contributed by atoms with Gasteiger partial charge in [-0.05, 0) is 49.9 Å². The first-order valence-corrected chi connectivity index (χ1v) is 9.57.